The number of nitrogens with zero attached hydrogens (tertiary/aromatic N) is 2. The summed E-state index contributed by atoms with van der Waals surface area (Å²) in [6, 6.07) is 12.8. The first-order chi connectivity index (χ1) is 12.3. The fraction of sp³-hybridized carbons (Fsp3) is 0.211. The molecule has 1 fully saturated rings. The van der Waals surface area contributed by atoms with Crippen LogP contribution in [-0.4, -0.2) is 35.2 Å². The number of ether oxygens (including phenoxy) is 2. The molecule has 1 aliphatic rings. The first-order valence-corrected chi connectivity index (χ1v) is 8.14. The Balaban J connectivity index is 1.49. The SMILES string of the molecule is O=C(Nc1ccc2ncccc2c1)c1ccnc(OC2CCOC2)c1. The average molecular weight is 335 g/mol. The summed E-state index contributed by atoms with van der Waals surface area (Å²) in [5, 5.41) is 3.87. The number of amides is 1. The van der Waals surface area contributed by atoms with E-state index in [0.29, 0.717) is 30.3 Å². The van der Waals surface area contributed by atoms with Crippen LogP contribution >= 0.6 is 0 Å². The molecule has 6 nitrogen and oxygen atoms in total. The molecule has 0 spiro atoms. The molecule has 25 heavy (non-hydrogen) atoms. The van der Waals surface area contributed by atoms with Crippen molar-refractivity contribution in [3.05, 3.63) is 60.4 Å². The van der Waals surface area contributed by atoms with Crippen LogP contribution in [0.4, 0.5) is 5.69 Å². The van der Waals surface area contributed by atoms with E-state index in [1.54, 1.807) is 24.5 Å². The fourth-order valence-electron chi connectivity index (χ4n) is 2.75. The summed E-state index contributed by atoms with van der Waals surface area (Å²) >= 11 is 0. The summed E-state index contributed by atoms with van der Waals surface area (Å²) in [6.45, 7) is 1.25. The molecule has 4 rings (SSSR count). The summed E-state index contributed by atoms with van der Waals surface area (Å²) in [6.07, 6.45) is 4.15. The molecule has 0 saturated carbocycles. The maximum absolute atomic E-state index is 12.5. The molecule has 1 N–H and O–H groups in total. The molecule has 0 aliphatic carbocycles. The maximum atomic E-state index is 12.5. The topological polar surface area (TPSA) is 73.3 Å². The predicted molar refractivity (Wildman–Crippen MR) is 93.8 cm³/mol. The lowest BCUT2D eigenvalue weighted by molar-refractivity contribution is 0.102. The van der Waals surface area contributed by atoms with Crippen LogP contribution in [0, 0.1) is 0 Å². The number of carbonyl (C=O) groups is 1. The van der Waals surface area contributed by atoms with Gasteiger partial charge in [-0.05, 0) is 30.3 Å². The minimum atomic E-state index is -0.210. The summed E-state index contributed by atoms with van der Waals surface area (Å²) in [5.41, 5.74) is 2.10. The van der Waals surface area contributed by atoms with Gasteiger partial charge < -0.3 is 14.8 Å². The van der Waals surface area contributed by atoms with Crippen LogP contribution in [0.2, 0.25) is 0 Å². The van der Waals surface area contributed by atoms with Crippen LogP contribution in [-0.2, 0) is 4.74 Å². The van der Waals surface area contributed by atoms with Crippen molar-refractivity contribution in [2.24, 2.45) is 0 Å². The van der Waals surface area contributed by atoms with E-state index in [1.165, 1.54) is 0 Å². The first-order valence-electron chi connectivity index (χ1n) is 8.14. The molecule has 0 radical (unpaired) electrons. The van der Waals surface area contributed by atoms with Gasteiger partial charge in [0.1, 0.15) is 6.10 Å². The molecule has 126 valence electrons. The van der Waals surface area contributed by atoms with Crippen molar-refractivity contribution in [2.75, 3.05) is 18.5 Å². The Bertz CT molecular complexity index is 907. The van der Waals surface area contributed by atoms with Gasteiger partial charge in [-0.2, -0.15) is 0 Å². The molecular weight excluding hydrogens is 318 g/mol. The number of rotatable bonds is 4. The second-order valence-electron chi connectivity index (χ2n) is 5.85. The fourth-order valence-corrected chi connectivity index (χ4v) is 2.75. The van der Waals surface area contributed by atoms with Crippen LogP contribution in [0.15, 0.2) is 54.9 Å². The molecule has 2 aromatic heterocycles. The third-order valence-corrected chi connectivity index (χ3v) is 4.03. The van der Waals surface area contributed by atoms with Crippen molar-refractivity contribution in [2.45, 2.75) is 12.5 Å². The molecule has 1 amide bonds. The van der Waals surface area contributed by atoms with Crippen LogP contribution < -0.4 is 10.1 Å². The van der Waals surface area contributed by atoms with Crippen LogP contribution in [0.25, 0.3) is 10.9 Å². The van der Waals surface area contributed by atoms with Gasteiger partial charge in [0, 0.05) is 41.5 Å². The van der Waals surface area contributed by atoms with Crippen molar-refractivity contribution in [3.63, 3.8) is 0 Å². The number of anilines is 1. The highest BCUT2D eigenvalue weighted by molar-refractivity contribution is 6.05. The number of hydrogen-bond donors (Lipinski definition) is 1. The Morgan fingerprint density at radius 3 is 3.00 bits per heavy atom. The normalized spacial score (nSPS) is 16.7. The Hall–Kier alpha value is -2.99. The molecule has 1 unspecified atom stereocenters. The Morgan fingerprint density at radius 2 is 2.12 bits per heavy atom. The van der Waals surface area contributed by atoms with Crippen LogP contribution in [0.5, 0.6) is 5.88 Å². The minimum Gasteiger partial charge on any atom is -0.472 e. The molecule has 3 heterocycles. The van der Waals surface area contributed by atoms with Gasteiger partial charge in [0.15, 0.2) is 0 Å². The zero-order chi connectivity index (χ0) is 17.1. The first kappa shape index (κ1) is 15.5. The van der Waals surface area contributed by atoms with E-state index in [-0.39, 0.29) is 12.0 Å². The highest BCUT2D eigenvalue weighted by atomic mass is 16.5. The number of nitrogens with one attached hydrogen (secondary N) is 1. The van der Waals surface area contributed by atoms with Gasteiger partial charge in [0.25, 0.3) is 5.91 Å². The highest BCUT2D eigenvalue weighted by Crippen LogP contribution is 2.19. The number of hydrogen-bond acceptors (Lipinski definition) is 5. The van der Waals surface area contributed by atoms with Gasteiger partial charge in [-0.3, -0.25) is 9.78 Å². The van der Waals surface area contributed by atoms with Gasteiger partial charge in [-0.1, -0.05) is 6.07 Å². The maximum Gasteiger partial charge on any atom is 0.255 e. The number of benzene rings is 1. The van der Waals surface area contributed by atoms with Crippen molar-refractivity contribution >= 4 is 22.5 Å². The van der Waals surface area contributed by atoms with E-state index in [0.717, 1.165) is 17.3 Å². The van der Waals surface area contributed by atoms with Crippen molar-refractivity contribution < 1.29 is 14.3 Å². The molecule has 1 aromatic carbocycles. The van der Waals surface area contributed by atoms with Gasteiger partial charge in [-0.15, -0.1) is 0 Å². The van der Waals surface area contributed by atoms with Crippen LogP contribution in [0.1, 0.15) is 16.8 Å². The van der Waals surface area contributed by atoms with Gasteiger partial charge in [0.05, 0.1) is 18.7 Å². The summed E-state index contributed by atoms with van der Waals surface area (Å²) < 4.78 is 11.0. The summed E-state index contributed by atoms with van der Waals surface area (Å²) in [4.78, 5) is 20.9. The molecule has 6 heteroatoms. The van der Waals surface area contributed by atoms with E-state index >= 15 is 0 Å². The molecule has 1 atom stereocenters. The summed E-state index contributed by atoms with van der Waals surface area (Å²) in [7, 11) is 0. The van der Waals surface area contributed by atoms with E-state index < -0.39 is 0 Å². The number of aromatic nitrogens is 2. The van der Waals surface area contributed by atoms with Gasteiger partial charge in [0.2, 0.25) is 5.88 Å². The lowest BCUT2D eigenvalue weighted by atomic mass is 10.2. The van der Waals surface area contributed by atoms with E-state index in [4.69, 9.17) is 9.47 Å². The Labute approximate surface area is 144 Å². The van der Waals surface area contributed by atoms with E-state index in [9.17, 15) is 4.79 Å². The quantitative estimate of drug-likeness (QED) is 0.793. The number of pyridine rings is 2. The van der Waals surface area contributed by atoms with E-state index in [1.807, 2.05) is 30.3 Å². The second kappa shape index (κ2) is 6.86. The Kier molecular flexibility index (Phi) is 4.26. The van der Waals surface area contributed by atoms with E-state index in [2.05, 4.69) is 15.3 Å². The summed E-state index contributed by atoms with van der Waals surface area (Å²) in [5.74, 6) is 0.226. The smallest absolute Gasteiger partial charge is 0.255 e. The van der Waals surface area contributed by atoms with Crippen LogP contribution in [0.3, 0.4) is 0 Å². The molecular formula is C19H17N3O3. The molecule has 1 saturated heterocycles. The van der Waals surface area contributed by atoms with Gasteiger partial charge in [-0.25, -0.2) is 4.98 Å². The Morgan fingerprint density at radius 1 is 1.16 bits per heavy atom. The molecule has 1 aliphatic heterocycles. The average Bonchev–Trinajstić information content (AvgIpc) is 3.15. The zero-order valence-electron chi connectivity index (χ0n) is 13.5. The number of carbonyl (C=O) groups excluding carboxylic acids is 1. The molecule has 0 bridgehead atoms. The zero-order valence-corrected chi connectivity index (χ0v) is 13.5. The molecule has 3 aromatic rings. The third-order valence-electron chi connectivity index (χ3n) is 4.03. The minimum absolute atomic E-state index is 0.00111. The largest absolute Gasteiger partial charge is 0.472 e. The standard InChI is InChI=1S/C19H17N3O3/c23-19(22-15-3-4-17-13(10-15)2-1-7-20-17)14-5-8-21-18(11-14)25-16-6-9-24-12-16/h1-5,7-8,10-11,16H,6,9,12H2,(H,22,23). The van der Waals surface area contributed by atoms with Crippen molar-refractivity contribution in [1.29, 1.82) is 0 Å². The second-order valence-corrected chi connectivity index (χ2v) is 5.85. The lowest BCUT2D eigenvalue weighted by Crippen LogP contribution is -2.17. The number of fused-ring (bicyclic) bond motifs is 1. The monoisotopic (exact) mass is 335 g/mol. The predicted octanol–water partition coefficient (Wildman–Crippen LogP) is 3.05. The van der Waals surface area contributed by atoms with Crippen molar-refractivity contribution in [3.8, 4) is 5.88 Å². The highest BCUT2D eigenvalue weighted by Gasteiger charge is 2.18. The lowest BCUT2D eigenvalue weighted by Gasteiger charge is -2.11. The third kappa shape index (κ3) is 3.59. The van der Waals surface area contributed by atoms with Crippen molar-refractivity contribution in [1.82, 2.24) is 9.97 Å². The van der Waals surface area contributed by atoms with Gasteiger partial charge >= 0.3 is 0 Å².